The van der Waals surface area contributed by atoms with E-state index in [4.69, 9.17) is 4.74 Å². The van der Waals surface area contributed by atoms with Crippen LogP contribution in [0.2, 0.25) is 0 Å². The third-order valence-corrected chi connectivity index (χ3v) is 3.34. The van der Waals surface area contributed by atoms with Crippen LogP contribution < -0.4 is 10.1 Å². The number of phenolic OH excluding ortho intramolecular Hbond substituents is 1. The zero-order valence-electron chi connectivity index (χ0n) is 10.8. The lowest BCUT2D eigenvalue weighted by molar-refractivity contribution is -0.385. The number of non-ortho nitro benzene ring substituents is 1. The minimum atomic E-state index is -0.642. The summed E-state index contributed by atoms with van der Waals surface area (Å²) in [4.78, 5) is 32.8. The zero-order chi connectivity index (χ0) is 15.6. The van der Waals surface area contributed by atoms with Crippen LogP contribution in [-0.4, -0.2) is 27.8 Å². The molecule has 0 aromatic heterocycles. The maximum absolute atomic E-state index is 11.5. The molecule has 0 bridgehead atoms. The molecule has 1 heterocycles. The summed E-state index contributed by atoms with van der Waals surface area (Å²) in [7, 11) is 0. The Morgan fingerprint density at radius 1 is 1.48 bits per heavy atom. The van der Waals surface area contributed by atoms with Gasteiger partial charge in [0, 0.05) is 11.6 Å². The van der Waals surface area contributed by atoms with E-state index < -0.39 is 16.1 Å². The van der Waals surface area contributed by atoms with Gasteiger partial charge >= 0.3 is 0 Å². The van der Waals surface area contributed by atoms with Crippen molar-refractivity contribution in [2.24, 2.45) is 0 Å². The minimum Gasteiger partial charge on any atom is -0.504 e. The van der Waals surface area contributed by atoms with E-state index in [1.54, 1.807) is 6.92 Å². The van der Waals surface area contributed by atoms with E-state index in [2.05, 4.69) is 5.32 Å². The summed E-state index contributed by atoms with van der Waals surface area (Å²) in [6.45, 7) is 1.87. The number of carbonyl (C=O) groups excluding carboxylic acids is 2. The first-order chi connectivity index (χ1) is 9.92. The van der Waals surface area contributed by atoms with Crippen molar-refractivity contribution in [3.05, 3.63) is 32.7 Å². The van der Waals surface area contributed by atoms with E-state index in [-0.39, 0.29) is 34.3 Å². The summed E-state index contributed by atoms with van der Waals surface area (Å²) in [6.07, 6.45) is 1.20. The molecule has 0 spiro atoms. The first kappa shape index (κ1) is 14.9. The van der Waals surface area contributed by atoms with Crippen LogP contribution >= 0.6 is 11.8 Å². The van der Waals surface area contributed by atoms with Gasteiger partial charge in [-0.1, -0.05) is 0 Å². The van der Waals surface area contributed by atoms with Crippen LogP contribution in [0, 0.1) is 10.1 Å². The second kappa shape index (κ2) is 5.83. The molecule has 1 aromatic carbocycles. The number of hydrogen-bond donors (Lipinski definition) is 2. The highest BCUT2D eigenvalue weighted by atomic mass is 32.2. The molecule has 9 heteroatoms. The lowest BCUT2D eigenvalue weighted by Gasteiger charge is -2.08. The molecule has 0 unspecified atom stereocenters. The van der Waals surface area contributed by atoms with Crippen LogP contribution in [0.25, 0.3) is 6.08 Å². The van der Waals surface area contributed by atoms with Gasteiger partial charge in [0.25, 0.3) is 16.8 Å². The summed E-state index contributed by atoms with van der Waals surface area (Å²) in [5.41, 5.74) is -0.266. The summed E-state index contributed by atoms with van der Waals surface area (Å²) < 4.78 is 5.12. The largest absolute Gasteiger partial charge is 0.504 e. The van der Waals surface area contributed by atoms with Gasteiger partial charge in [0.15, 0.2) is 11.5 Å². The highest BCUT2D eigenvalue weighted by Gasteiger charge is 2.26. The van der Waals surface area contributed by atoms with Gasteiger partial charge in [0.2, 0.25) is 0 Å². The zero-order valence-corrected chi connectivity index (χ0v) is 11.6. The number of phenols is 1. The van der Waals surface area contributed by atoms with Gasteiger partial charge in [-0.25, -0.2) is 0 Å². The van der Waals surface area contributed by atoms with Gasteiger partial charge in [0.1, 0.15) is 0 Å². The molecule has 0 aliphatic carbocycles. The smallest absolute Gasteiger partial charge is 0.290 e. The summed E-state index contributed by atoms with van der Waals surface area (Å²) >= 11 is 0.650. The van der Waals surface area contributed by atoms with Crippen molar-refractivity contribution in [1.82, 2.24) is 5.32 Å². The molecule has 1 fully saturated rings. The molecule has 2 amide bonds. The number of amides is 2. The van der Waals surface area contributed by atoms with E-state index in [1.165, 1.54) is 6.08 Å². The minimum absolute atomic E-state index is 0.0278. The number of nitrogens with one attached hydrogen (secondary N) is 1. The summed E-state index contributed by atoms with van der Waals surface area (Å²) in [6, 6.07) is 2.19. The third kappa shape index (κ3) is 3.14. The van der Waals surface area contributed by atoms with E-state index >= 15 is 0 Å². The van der Waals surface area contributed by atoms with Crippen molar-refractivity contribution in [1.29, 1.82) is 0 Å². The van der Waals surface area contributed by atoms with Crippen LogP contribution in [0.1, 0.15) is 12.5 Å². The van der Waals surface area contributed by atoms with Gasteiger partial charge in [-0.05, 0) is 24.8 Å². The number of thioether (sulfide) groups is 1. The Balaban J connectivity index is 2.52. The maximum Gasteiger partial charge on any atom is 0.290 e. The number of benzene rings is 1. The topological polar surface area (TPSA) is 119 Å². The molecule has 1 aliphatic heterocycles. The van der Waals surface area contributed by atoms with Crippen LogP contribution in [0.5, 0.6) is 11.5 Å². The van der Waals surface area contributed by atoms with E-state index in [9.17, 15) is 24.8 Å². The van der Waals surface area contributed by atoms with Crippen LogP contribution in [0.4, 0.5) is 10.5 Å². The van der Waals surface area contributed by atoms with E-state index in [1.807, 2.05) is 0 Å². The number of imide groups is 1. The fourth-order valence-corrected chi connectivity index (χ4v) is 2.33. The van der Waals surface area contributed by atoms with Gasteiger partial charge in [-0.3, -0.25) is 25.0 Å². The second-order valence-electron chi connectivity index (χ2n) is 3.92. The monoisotopic (exact) mass is 310 g/mol. The normalized spacial score (nSPS) is 16.1. The predicted octanol–water partition coefficient (Wildman–Crippen LogP) is 2.02. The first-order valence-corrected chi connectivity index (χ1v) is 6.63. The average molecular weight is 310 g/mol. The molecule has 8 nitrogen and oxygen atoms in total. The SMILES string of the molecule is CCOc1cc([N+](=O)[O-])cc(C=C2SC(=O)NC2=O)c1O. The molecule has 110 valence electrons. The van der Waals surface area contributed by atoms with Crippen molar-refractivity contribution in [3.8, 4) is 11.5 Å². The highest BCUT2D eigenvalue weighted by Crippen LogP contribution is 2.37. The summed E-state index contributed by atoms with van der Waals surface area (Å²) in [5, 5.41) is 22.4. The molecule has 0 atom stereocenters. The number of nitro benzene ring substituents is 1. The van der Waals surface area contributed by atoms with E-state index in [0.29, 0.717) is 11.8 Å². The number of hydrogen-bond acceptors (Lipinski definition) is 7. The predicted molar refractivity (Wildman–Crippen MR) is 75.0 cm³/mol. The Morgan fingerprint density at radius 2 is 2.19 bits per heavy atom. The Morgan fingerprint density at radius 3 is 2.71 bits per heavy atom. The number of nitro groups is 1. The van der Waals surface area contributed by atoms with E-state index in [0.717, 1.165) is 12.1 Å². The molecule has 1 aromatic rings. The Bertz CT molecular complexity index is 670. The molecular formula is C12H10N2O6S. The molecule has 2 N–H and O–H groups in total. The third-order valence-electron chi connectivity index (χ3n) is 2.53. The number of nitrogens with zero attached hydrogens (tertiary/aromatic N) is 1. The van der Waals surface area contributed by atoms with Crippen LogP contribution in [-0.2, 0) is 4.79 Å². The molecule has 2 rings (SSSR count). The molecule has 0 radical (unpaired) electrons. The Labute approximate surface area is 122 Å². The number of rotatable bonds is 4. The standard InChI is InChI=1S/C12H10N2O6S/c1-2-20-8-5-7(14(18)19)3-6(10(8)15)4-9-11(16)13-12(17)21-9/h3-5,15H,2H2,1H3,(H,13,16,17). The van der Waals surface area contributed by atoms with Crippen LogP contribution in [0.15, 0.2) is 17.0 Å². The molecular weight excluding hydrogens is 300 g/mol. The van der Waals surface area contributed by atoms with Crippen molar-refractivity contribution in [3.63, 3.8) is 0 Å². The van der Waals surface area contributed by atoms with Crippen molar-refractivity contribution >= 4 is 34.7 Å². The number of ether oxygens (including phenoxy) is 1. The van der Waals surface area contributed by atoms with Gasteiger partial charge in [-0.15, -0.1) is 0 Å². The van der Waals surface area contributed by atoms with Crippen LogP contribution in [0.3, 0.4) is 0 Å². The average Bonchev–Trinajstić information content (AvgIpc) is 2.72. The van der Waals surface area contributed by atoms with Gasteiger partial charge in [0.05, 0.1) is 22.5 Å². The number of carbonyl (C=O) groups is 2. The quantitative estimate of drug-likeness (QED) is 0.496. The summed E-state index contributed by atoms with van der Waals surface area (Å²) in [5.74, 6) is -1.01. The number of aromatic hydroxyl groups is 1. The molecule has 0 saturated carbocycles. The molecule has 1 aliphatic rings. The Hall–Kier alpha value is -2.55. The fraction of sp³-hybridized carbons (Fsp3) is 0.167. The lowest BCUT2D eigenvalue weighted by Crippen LogP contribution is -2.17. The van der Waals surface area contributed by atoms with Gasteiger partial charge in [-0.2, -0.15) is 0 Å². The van der Waals surface area contributed by atoms with Crippen molar-refractivity contribution < 1.29 is 24.4 Å². The Kier molecular flexibility index (Phi) is 4.13. The van der Waals surface area contributed by atoms with Crippen molar-refractivity contribution in [2.45, 2.75) is 6.92 Å². The maximum atomic E-state index is 11.5. The second-order valence-corrected chi connectivity index (χ2v) is 4.94. The lowest BCUT2D eigenvalue weighted by atomic mass is 10.1. The molecule has 21 heavy (non-hydrogen) atoms. The first-order valence-electron chi connectivity index (χ1n) is 5.81. The fourth-order valence-electron chi connectivity index (χ4n) is 1.66. The van der Waals surface area contributed by atoms with Crippen molar-refractivity contribution in [2.75, 3.05) is 6.61 Å². The molecule has 1 saturated heterocycles. The van der Waals surface area contributed by atoms with Gasteiger partial charge < -0.3 is 9.84 Å². The highest BCUT2D eigenvalue weighted by molar-refractivity contribution is 8.18.